The summed E-state index contributed by atoms with van der Waals surface area (Å²) in [5.41, 5.74) is 1.41. The van der Waals surface area contributed by atoms with Crippen molar-refractivity contribution >= 4 is 11.7 Å². The van der Waals surface area contributed by atoms with Crippen LogP contribution in [-0.2, 0) is 16.2 Å². The van der Waals surface area contributed by atoms with E-state index in [4.69, 9.17) is 19.6 Å². The third-order valence-electron chi connectivity index (χ3n) is 4.09. The minimum atomic E-state index is -0.605. The van der Waals surface area contributed by atoms with Crippen LogP contribution in [0.4, 0.5) is 9.18 Å². The average Bonchev–Trinajstić information content (AvgIpc) is 2.72. The summed E-state index contributed by atoms with van der Waals surface area (Å²) in [5, 5.41) is 9.97. The maximum Gasteiger partial charge on any atom is 0.434 e. The number of ether oxygens (including phenoxy) is 2. The quantitative estimate of drug-likeness (QED) is 0.748. The molecule has 1 aliphatic rings. The Morgan fingerprint density at radius 2 is 2.13 bits per heavy atom. The molecule has 1 amide bonds. The van der Waals surface area contributed by atoms with Crippen molar-refractivity contribution in [1.82, 2.24) is 10.0 Å². The van der Waals surface area contributed by atoms with Gasteiger partial charge in [0, 0.05) is 17.2 Å². The van der Waals surface area contributed by atoms with Crippen molar-refractivity contribution in [3.63, 3.8) is 0 Å². The minimum Gasteiger partial charge on any atom is -0.473 e. The molecule has 0 spiro atoms. The Labute approximate surface area is 174 Å². The number of aromatic nitrogens is 1. The first-order valence-corrected chi connectivity index (χ1v) is 9.36. The summed E-state index contributed by atoms with van der Waals surface area (Å²) in [4.78, 5) is 22.0. The van der Waals surface area contributed by atoms with Gasteiger partial charge in [-0.3, -0.25) is 4.84 Å². The molecule has 0 atom stereocenters. The number of amides is 1. The van der Waals surface area contributed by atoms with Crippen molar-refractivity contribution in [2.75, 3.05) is 13.2 Å². The molecule has 3 rings (SSSR count). The summed E-state index contributed by atoms with van der Waals surface area (Å²) in [6.07, 6.45) is 1.28. The number of hydrogen-bond donors (Lipinski definition) is 0. The zero-order valence-corrected chi connectivity index (χ0v) is 17.0. The molecule has 7 nitrogen and oxygen atoms in total. The SMILES string of the molecule is CC(C)(C)OC(=O)N1CC=C(c2cccc(OCc3ccc(C#N)cc3F)n2)CO1. The van der Waals surface area contributed by atoms with Gasteiger partial charge in [0.1, 0.15) is 24.6 Å². The van der Waals surface area contributed by atoms with Crippen LogP contribution in [0, 0.1) is 17.1 Å². The van der Waals surface area contributed by atoms with E-state index in [2.05, 4.69) is 4.98 Å². The van der Waals surface area contributed by atoms with Gasteiger partial charge in [-0.1, -0.05) is 18.2 Å². The fourth-order valence-electron chi connectivity index (χ4n) is 2.63. The summed E-state index contributed by atoms with van der Waals surface area (Å²) in [7, 11) is 0. The van der Waals surface area contributed by atoms with Gasteiger partial charge in [0.2, 0.25) is 5.88 Å². The second-order valence-corrected chi connectivity index (χ2v) is 7.61. The van der Waals surface area contributed by atoms with Gasteiger partial charge in [-0.25, -0.2) is 14.2 Å². The highest BCUT2D eigenvalue weighted by Crippen LogP contribution is 2.22. The van der Waals surface area contributed by atoms with Gasteiger partial charge < -0.3 is 9.47 Å². The lowest BCUT2D eigenvalue weighted by atomic mass is 10.1. The molecule has 0 saturated heterocycles. The van der Waals surface area contributed by atoms with E-state index in [0.29, 0.717) is 17.1 Å². The molecule has 0 bridgehead atoms. The second kappa shape index (κ2) is 8.93. The lowest BCUT2D eigenvalue weighted by Gasteiger charge is -2.28. The summed E-state index contributed by atoms with van der Waals surface area (Å²) in [5.74, 6) is -0.178. The van der Waals surface area contributed by atoms with Gasteiger partial charge in [0.15, 0.2) is 0 Å². The number of carbonyl (C=O) groups is 1. The molecule has 1 aromatic carbocycles. The van der Waals surface area contributed by atoms with Crippen LogP contribution < -0.4 is 4.74 Å². The van der Waals surface area contributed by atoms with Gasteiger partial charge in [-0.2, -0.15) is 10.3 Å². The molecule has 0 radical (unpaired) electrons. The molecule has 0 aliphatic carbocycles. The zero-order valence-electron chi connectivity index (χ0n) is 17.0. The molecule has 2 aromatic rings. The summed E-state index contributed by atoms with van der Waals surface area (Å²) in [6, 6.07) is 11.3. The van der Waals surface area contributed by atoms with Crippen molar-refractivity contribution in [3.8, 4) is 11.9 Å². The summed E-state index contributed by atoms with van der Waals surface area (Å²) >= 11 is 0. The first kappa shape index (κ1) is 21.3. The third kappa shape index (κ3) is 5.55. The number of hydrogen-bond acceptors (Lipinski definition) is 6. The molecule has 0 N–H and O–H groups in total. The number of carbonyl (C=O) groups excluding carboxylic acids is 1. The molecule has 0 saturated carbocycles. The van der Waals surface area contributed by atoms with E-state index in [1.165, 1.54) is 18.2 Å². The average molecular weight is 411 g/mol. The molecule has 1 aromatic heterocycles. The number of halogens is 1. The third-order valence-corrected chi connectivity index (χ3v) is 4.09. The van der Waals surface area contributed by atoms with E-state index in [9.17, 15) is 9.18 Å². The number of benzene rings is 1. The molecule has 30 heavy (non-hydrogen) atoms. The molecule has 156 valence electrons. The van der Waals surface area contributed by atoms with Crippen LogP contribution in [0.1, 0.15) is 37.6 Å². The Bertz CT molecular complexity index is 1010. The fourth-order valence-corrected chi connectivity index (χ4v) is 2.63. The number of nitrogens with zero attached hydrogens (tertiary/aromatic N) is 3. The van der Waals surface area contributed by atoms with Gasteiger partial charge in [-0.15, -0.1) is 0 Å². The lowest BCUT2D eigenvalue weighted by molar-refractivity contribution is -0.133. The monoisotopic (exact) mass is 411 g/mol. The minimum absolute atomic E-state index is 0.0179. The van der Waals surface area contributed by atoms with E-state index in [1.54, 1.807) is 39.0 Å². The lowest BCUT2D eigenvalue weighted by Crippen LogP contribution is -2.39. The van der Waals surface area contributed by atoms with Crippen molar-refractivity contribution in [2.45, 2.75) is 33.0 Å². The van der Waals surface area contributed by atoms with E-state index in [1.807, 2.05) is 12.1 Å². The molecule has 2 heterocycles. The highest BCUT2D eigenvalue weighted by molar-refractivity contribution is 5.70. The zero-order chi connectivity index (χ0) is 21.7. The number of nitriles is 1. The molecular formula is C22H22FN3O4. The van der Waals surface area contributed by atoms with Gasteiger partial charge in [0.05, 0.1) is 23.9 Å². The van der Waals surface area contributed by atoms with Gasteiger partial charge in [-0.05, 0) is 39.0 Å². The van der Waals surface area contributed by atoms with E-state index in [-0.39, 0.29) is 25.3 Å². The van der Waals surface area contributed by atoms with Crippen LogP contribution in [0.5, 0.6) is 5.88 Å². The van der Waals surface area contributed by atoms with Crippen molar-refractivity contribution in [3.05, 3.63) is 65.1 Å². The van der Waals surface area contributed by atoms with Crippen LogP contribution in [0.25, 0.3) is 5.57 Å². The standard InChI is InChI=1S/C22H22FN3O4/c1-22(2,3)30-21(27)26-10-9-17(14-29-26)19-5-4-6-20(25-19)28-13-16-8-7-15(12-24)11-18(16)23/h4-9,11H,10,13-14H2,1-3H3. The topological polar surface area (TPSA) is 84.7 Å². The second-order valence-electron chi connectivity index (χ2n) is 7.61. The van der Waals surface area contributed by atoms with E-state index in [0.717, 1.165) is 10.6 Å². The van der Waals surface area contributed by atoms with E-state index >= 15 is 0 Å². The van der Waals surface area contributed by atoms with Crippen LogP contribution in [0.15, 0.2) is 42.5 Å². The number of rotatable bonds is 4. The van der Waals surface area contributed by atoms with Crippen LogP contribution in [-0.4, -0.2) is 34.9 Å². The predicted molar refractivity (Wildman–Crippen MR) is 107 cm³/mol. The first-order valence-electron chi connectivity index (χ1n) is 9.36. The maximum absolute atomic E-state index is 14.0. The Balaban J connectivity index is 1.63. The molecule has 0 fully saturated rings. The molecule has 1 aliphatic heterocycles. The Hall–Kier alpha value is -3.44. The molecule has 8 heteroatoms. The molecular weight excluding hydrogens is 389 g/mol. The van der Waals surface area contributed by atoms with Crippen LogP contribution in [0.2, 0.25) is 0 Å². The number of hydroxylamine groups is 2. The van der Waals surface area contributed by atoms with Crippen LogP contribution in [0.3, 0.4) is 0 Å². The van der Waals surface area contributed by atoms with Crippen molar-refractivity contribution in [2.24, 2.45) is 0 Å². The van der Waals surface area contributed by atoms with E-state index < -0.39 is 17.5 Å². The van der Waals surface area contributed by atoms with Gasteiger partial charge >= 0.3 is 6.09 Å². The van der Waals surface area contributed by atoms with Gasteiger partial charge in [0.25, 0.3) is 0 Å². The normalized spacial score (nSPS) is 14.0. The fraction of sp³-hybridized carbons (Fsp3) is 0.318. The predicted octanol–water partition coefficient (Wildman–Crippen LogP) is 4.24. The molecule has 0 unspecified atom stereocenters. The Morgan fingerprint density at radius 1 is 1.33 bits per heavy atom. The highest BCUT2D eigenvalue weighted by atomic mass is 19.1. The summed E-state index contributed by atoms with van der Waals surface area (Å²) < 4.78 is 24.9. The van der Waals surface area contributed by atoms with Crippen molar-refractivity contribution in [1.29, 1.82) is 5.26 Å². The Kier molecular flexibility index (Phi) is 6.33. The van der Waals surface area contributed by atoms with Crippen molar-refractivity contribution < 1.29 is 23.5 Å². The first-order chi connectivity index (χ1) is 14.2. The largest absolute Gasteiger partial charge is 0.473 e. The maximum atomic E-state index is 14.0. The highest BCUT2D eigenvalue weighted by Gasteiger charge is 2.25. The smallest absolute Gasteiger partial charge is 0.434 e. The van der Waals surface area contributed by atoms with Crippen LogP contribution >= 0.6 is 0 Å². The number of pyridine rings is 1. The summed E-state index contributed by atoms with van der Waals surface area (Å²) in [6.45, 7) is 5.73. The Morgan fingerprint density at radius 3 is 2.77 bits per heavy atom.